The van der Waals surface area contributed by atoms with Crippen LogP contribution in [0.5, 0.6) is 0 Å². The monoisotopic (exact) mass is 476 g/mol. The van der Waals surface area contributed by atoms with Crippen molar-refractivity contribution in [3.05, 3.63) is 71.8 Å². The van der Waals surface area contributed by atoms with Crippen molar-refractivity contribution in [1.29, 1.82) is 0 Å². The third-order valence-corrected chi connectivity index (χ3v) is 8.63. The summed E-state index contributed by atoms with van der Waals surface area (Å²) in [5.74, 6) is -0.124. The zero-order valence-electron chi connectivity index (χ0n) is 18.5. The van der Waals surface area contributed by atoms with Crippen LogP contribution in [0, 0.1) is 0 Å². The molecule has 0 bridgehead atoms. The van der Waals surface area contributed by atoms with Gasteiger partial charge in [-0.05, 0) is 43.5 Å². The number of benzene rings is 1. The van der Waals surface area contributed by atoms with Crippen molar-refractivity contribution in [3.63, 3.8) is 0 Å². The Morgan fingerprint density at radius 3 is 2.56 bits per heavy atom. The summed E-state index contributed by atoms with van der Waals surface area (Å²) < 4.78 is 29.9. The van der Waals surface area contributed by atoms with E-state index in [0.717, 1.165) is 36.2 Å². The van der Waals surface area contributed by atoms with Gasteiger partial charge < -0.3 is 9.88 Å². The van der Waals surface area contributed by atoms with E-state index in [2.05, 4.69) is 9.97 Å². The van der Waals surface area contributed by atoms with E-state index in [0.29, 0.717) is 29.8 Å². The lowest BCUT2D eigenvalue weighted by molar-refractivity contribution is 0.0690. The van der Waals surface area contributed by atoms with E-state index >= 15 is 0 Å². The predicted molar refractivity (Wildman–Crippen MR) is 126 cm³/mol. The van der Waals surface area contributed by atoms with E-state index in [1.165, 1.54) is 10.5 Å². The summed E-state index contributed by atoms with van der Waals surface area (Å²) in [7, 11) is -3.70. The number of carbonyl (C=O) groups excluding carboxylic acids is 1. The number of carbonyl (C=O) groups is 1. The molecule has 1 aliphatic heterocycles. The normalized spacial score (nSPS) is 16.8. The Morgan fingerprint density at radius 1 is 0.971 bits per heavy atom. The molecule has 2 aliphatic rings. The molecule has 9 nitrogen and oxygen atoms in total. The molecule has 1 N–H and O–H groups in total. The highest BCUT2D eigenvalue weighted by Crippen LogP contribution is 2.29. The van der Waals surface area contributed by atoms with Crippen LogP contribution in [0.25, 0.3) is 16.7 Å². The second-order valence-corrected chi connectivity index (χ2v) is 10.5. The molecule has 4 heterocycles. The highest BCUT2D eigenvalue weighted by Gasteiger charge is 2.35. The Hall–Kier alpha value is -3.50. The SMILES string of the molecule is O=C(c1nn(-c2ccccc2)c2c1CCC2)N1CCN(S(=O)(=O)c2c[nH]c3ncccc23)CC1. The number of amides is 1. The summed E-state index contributed by atoms with van der Waals surface area (Å²) in [4.78, 5) is 22.5. The first-order valence-electron chi connectivity index (χ1n) is 11.4. The molecule has 0 saturated carbocycles. The molecule has 0 unspecified atom stereocenters. The number of nitrogens with one attached hydrogen (secondary N) is 1. The van der Waals surface area contributed by atoms with Crippen molar-refractivity contribution in [2.75, 3.05) is 26.2 Å². The molecule has 3 aromatic heterocycles. The Kier molecular flexibility index (Phi) is 5.00. The van der Waals surface area contributed by atoms with Crippen molar-refractivity contribution < 1.29 is 13.2 Å². The van der Waals surface area contributed by atoms with Crippen LogP contribution in [0.2, 0.25) is 0 Å². The molecule has 6 rings (SSSR count). The second-order valence-electron chi connectivity index (χ2n) is 8.62. The van der Waals surface area contributed by atoms with Gasteiger partial charge in [0.2, 0.25) is 10.0 Å². The fourth-order valence-electron chi connectivity index (χ4n) is 4.96. The Labute approximate surface area is 197 Å². The first-order valence-corrected chi connectivity index (χ1v) is 12.9. The minimum absolute atomic E-state index is 0.124. The molecular weight excluding hydrogens is 452 g/mol. The lowest BCUT2D eigenvalue weighted by Crippen LogP contribution is -2.50. The summed E-state index contributed by atoms with van der Waals surface area (Å²) in [6, 6.07) is 13.3. The number of pyridine rings is 1. The van der Waals surface area contributed by atoms with Crippen molar-refractivity contribution >= 4 is 27.0 Å². The fraction of sp³-hybridized carbons (Fsp3) is 0.292. The largest absolute Gasteiger partial charge is 0.345 e. The Balaban J connectivity index is 1.22. The highest BCUT2D eigenvalue weighted by molar-refractivity contribution is 7.89. The standard InChI is InChI=1S/C24H24N6O3S/c31-24(22-18-8-4-10-20(18)30(27-22)17-6-2-1-3-7-17)28-12-14-29(15-13-28)34(32,33)21-16-26-23-19(21)9-5-11-25-23/h1-3,5-7,9,11,16H,4,8,10,12-15H2,(H,25,26). The number of hydrogen-bond donors (Lipinski definition) is 1. The van der Waals surface area contributed by atoms with Gasteiger partial charge in [0, 0.05) is 55.2 Å². The van der Waals surface area contributed by atoms with Crippen molar-refractivity contribution in [3.8, 4) is 5.69 Å². The van der Waals surface area contributed by atoms with Gasteiger partial charge in [0.15, 0.2) is 5.69 Å². The average molecular weight is 477 g/mol. The number of rotatable bonds is 4. The lowest BCUT2D eigenvalue weighted by atomic mass is 10.1. The third kappa shape index (κ3) is 3.33. The summed E-state index contributed by atoms with van der Waals surface area (Å²) in [6.45, 7) is 1.13. The quantitative estimate of drug-likeness (QED) is 0.487. The highest BCUT2D eigenvalue weighted by atomic mass is 32.2. The minimum Gasteiger partial charge on any atom is -0.345 e. The molecule has 0 spiro atoms. The summed E-state index contributed by atoms with van der Waals surface area (Å²) in [5.41, 5.74) is 4.11. The maximum absolute atomic E-state index is 13.4. The van der Waals surface area contributed by atoms with Gasteiger partial charge in [-0.1, -0.05) is 18.2 Å². The molecule has 1 fully saturated rings. The zero-order chi connectivity index (χ0) is 23.3. The molecule has 4 aromatic rings. The van der Waals surface area contributed by atoms with Crippen molar-refractivity contribution in [2.24, 2.45) is 0 Å². The number of fused-ring (bicyclic) bond motifs is 2. The number of nitrogens with zero attached hydrogens (tertiary/aromatic N) is 5. The van der Waals surface area contributed by atoms with Gasteiger partial charge in [-0.25, -0.2) is 18.1 Å². The number of piperazine rings is 1. The number of aromatic amines is 1. The fourth-order valence-corrected chi connectivity index (χ4v) is 6.53. The van der Waals surface area contributed by atoms with Gasteiger partial charge in [-0.3, -0.25) is 4.79 Å². The van der Waals surface area contributed by atoms with Gasteiger partial charge in [-0.2, -0.15) is 9.40 Å². The van der Waals surface area contributed by atoms with Crippen LogP contribution in [-0.2, 0) is 22.9 Å². The smallest absolute Gasteiger partial charge is 0.274 e. The van der Waals surface area contributed by atoms with Crippen LogP contribution >= 0.6 is 0 Å². The van der Waals surface area contributed by atoms with Crippen LogP contribution < -0.4 is 0 Å². The molecule has 34 heavy (non-hydrogen) atoms. The zero-order valence-corrected chi connectivity index (χ0v) is 19.3. The molecule has 174 valence electrons. The number of H-pyrrole nitrogens is 1. The summed E-state index contributed by atoms with van der Waals surface area (Å²) in [6.07, 6.45) is 5.85. The van der Waals surface area contributed by atoms with E-state index in [1.807, 2.05) is 35.0 Å². The number of hydrogen-bond acceptors (Lipinski definition) is 5. The molecule has 10 heteroatoms. The number of aromatic nitrogens is 4. The minimum atomic E-state index is -3.70. The van der Waals surface area contributed by atoms with Gasteiger partial charge in [0.05, 0.1) is 5.69 Å². The Bertz CT molecular complexity index is 1480. The molecule has 0 radical (unpaired) electrons. The van der Waals surface area contributed by atoms with Crippen LogP contribution in [0.4, 0.5) is 0 Å². The van der Waals surface area contributed by atoms with Gasteiger partial charge >= 0.3 is 0 Å². The van der Waals surface area contributed by atoms with E-state index in [4.69, 9.17) is 5.10 Å². The number of sulfonamides is 1. The Morgan fingerprint density at radius 2 is 1.76 bits per heavy atom. The molecule has 0 atom stereocenters. The molecule has 1 aromatic carbocycles. The first-order chi connectivity index (χ1) is 16.5. The lowest BCUT2D eigenvalue weighted by Gasteiger charge is -2.33. The van der Waals surface area contributed by atoms with Crippen LogP contribution in [0.3, 0.4) is 0 Å². The number of para-hydroxylation sites is 1. The first kappa shape index (κ1) is 21.1. The predicted octanol–water partition coefficient (Wildman–Crippen LogP) is 2.38. The van der Waals surface area contributed by atoms with Crippen LogP contribution in [0.15, 0.2) is 59.8 Å². The summed E-state index contributed by atoms with van der Waals surface area (Å²) >= 11 is 0. The molecular formula is C24H24N6O3S. The van der Waals surface area contributed by atoms with Gasteiger partial charge in [0.1, 0.15) is 10.5 Å². The maximum atomic E-state index is 13.4. The van der Waals surface area contributed by atoms with Crippen LogP contribution in [0.1, 0.15) is 28.2 Å². The van der Waals surface area contributed by atoms with E-state index in [-0.39, 0.29) is 23.9 Å². The van der Waals surface area contributed by atoms with E-state index in [1.54, 1.807) is 23.2 Å². The van der Waals surface area contributed by atoms with Crippen LogP contribution in [-0.4, -0.2) is 69.5 Å². The molecule has 1 saturated heterocycles. The van der Waals surface area contributed by atoms with E-state index < -0.39 is 10.0 Å². The van der Waals surface area contributed by atoms with Gasteiger partial charge in [0.25, 0.3) is 5.91 Å². The summed E-state index contributed by atoms with van der Waals surface area (Å²) in [5, 5.41) is 5.27. The maximum Gasteiger partial charge on any atom is 0.274 e. The van der Waals surface area contributed by atoms with E-state index in [9.17, 15) is 13.2 Å². The average Bonchev–Trinajstić information content (AvgIpc) is 3.60. The molecule has 1 amide bonds. The van der Waals surface area contributed by atoms with Crippen molar-refractivity contribution in [1.82, 2.24) is 29.0 Å². The molecule has 1 aliphatic carbocycles. The third-order valence-electron chi connectivity index (χ3n) is 6.69. The topological polar surface area (TPSA) is 104 Å². The second kappa shape index (κ2) is 8.07. The van der Waals surface area contributed by atoms with Gasteiger partial charge in [-0.15, -0.1) is 0 Å². The van der Waals surface area contributed by atoms with Crippen molar-refractivity contribution in [2.45, 2.75) is 24.2 Å².